The Morgan fingerprint density at radius 3 is 1.43 bits per heavy atom. The highest BCUT2D eigenvalue weighted by molar-refractivity contribution is 4.83. The predicted octanol–water partition coefficient (Wildman–Crippen LogP) is 5.72. The van der Waals surface area contributed by atoms with Crippen LogP contribution in [-0.2, 0) is 0 Å². The standard InChI is InChI=1S/C15H34N2.2C2H6/c1-6-10-14(16-5)15(11-7-2)17(12-8-3)13-9-4;2*1-2/h14-16H,6-13H2,1-5H3;2*1-2H3. The summed E-state index contributed by atoms with van der Waals surface area (Å²) in [4.78, 5) is 2.71. The quantitative estimate of drug-likeness (QED) is 0.525. The molecule has 0 spiro atoms. The molecule has 2 nitrogen and oxygen atoms in total. The number of hydrogen-bond acceptors (Lipinski definition) is 2. The van der Waals surface area contributed by atoms with Gasteiger partial charge in [-0.3, -0.25) is 4.90 Å². The molecule has 0 amide bonds. The van der Waals surface area contributed by atoms with E-state index in [1.165, 1.54) is 51.6 Å². The van der Waals surface area contributed by atoms with Gasteiger partial charge in [-0.2, -0.15) is 0 Å². The first-order chi connectivity index (χ1) is 10.2. The molecule has 2 atom stereocenters. The lowest BCUT2D eigenvalue weighted by atomic mass is 9.97. The molecular weight excluding hydrogens is 256 g/mol. The Morgan fingerprint density at radius 1 is 0.714 bits per heavy atom. The summed E-state index contributed by atoms with van der Waals surface area (Å²) < 4.78 is 0. The van der Waals surface area contributed by atoms with Crippen LogP contribution in [0.25, 0.3) is 0 Å². The third-order valence-electron chi connectivity index (χ3n) is 3.51. The molecule has 0 saturated heterocycles. The lowest BCUT2D eigenvalue weighted by Crippen LogP contribution is -2.49. The zero-order valence-corrected chi connectivity index (χ0v) is 16.8. The van der Waals surface area contributed by atoms with Gasteiger partial charge in [-0.1, -0.05) is 68.2 Å². The van der Waals surface area contributed by atoms with Gasteiger partial charge in [-0.15, -0.1) is 0 Å². The van der Waals surface area contributed by atoms with Gasteiger partial charge in [0.2, 0.25) is 0 Å². The number of nitrogens with zero attached hydrogens (tertiary/aromatic N) is 1. The van der Waals surface area contributed by atoms with Gasteiger partial charge in [-0.05, 0) is 45.8 Å². The summed E-state index contributed by atoms with van der Waals surface area (Å²) in [6.07, 6.45) is 7.72. The molecule has 0 rings (SSSR count). The normalized spacial score (nSPS) is 12.9. The molecule has 0 aromatic rings. The van der Waals surface area contributed by atoms with Crippen molar-refractivity contribution in [2.75, 3.05) is 20.1 Å². The van der Waals surface area contributed by atoms with Crippen molar-refractivity contribution in [1.29, 1.82) is 0 Å². The topological polar surface area (TPSA) is 15.3 Å². The van der Waals surface area contributed by atoms with Crippen LogP contribution in [0, 0.1) is 0 Å². The molecule has 0 aromatic carbocycles. The SMILES string of the molecule is CC.CC.CCCC(NC)C(CCC)N(CCC)CCC. The molecule has 21 heavy (non-hydrogen) atoms. The van der Waals surface area contributed by atoms with Crippen molar-refractivity contribution in [2.45, 2.75) is 106 Å². The van der Waals surface area contributed by atoms with Gasteiger partial charge in [-0.25, -0.2) is 0 Å². The smallest absolute Gasteiger partial charge is 0.0249 e. The number of rotatable bonds is 11. The summed E-state index contributed by atoms with van der Waals surface area (Å²) in [5, 5.41) is 3.54. The van der Waals surface area contributed by atoms with Crippen LogP contribution in [0.1, 0.15) is 93.9 Å². The van der Waals surface area contributed by atoms with Crippen molar-refractivity contribution in [3.05, 3.63) is 0 Å². The molecule has 0 aliphatic heterocycles. The molecule has 0 radical (unpaired) electrons. The van der Waals surface area contributed by atoms with Crippen LogP contribution < -0.4 is 5.32 Å². The van der Waals surface area contributed by atoms with E-state index in [-0.39, 0.29) is 0 Å². The minimum Gasteiger partial charge on any atom is -0.315 e. The van der Waals surface area contributed by atoms with E-state index >= 15 is 0 Å². The second-order valence-electron chi connectivity index (χ2n) is 5.08. The monoisotopic (exact) mass is 302 g/mol. The minimum atomic E-state index is 0.665. The van der Waals surface area contributed by atoms with E-state index in [1.807, 2.05) is 27.7 Å². The molecular formula is C19H46N2. The molecule has 0 bridgehead atoms. The molecule has 0 fully saturated rings. The Labute approximate surface area is 137 Å². The Kier molecular flexibility index (Phi) is 27.3. The average Bonchev–Trinajstić information content (AvgIpc) is 2.54. The second-order valence-corrected chi connectivity index (χ2v) is 5.08. The van der Waals surface area contributed by atoms with Gasteiger partial charge in [0.15, 0.2) is 0 Å². The molecule has 0 saturated carbocycles. The van der Waals surface area contributed by atoms with Gasteiger partial charge >= 0.3 is 0 Å². The van der Waals surface area contributed by atoms with E-state index in [2.05, 4.69) is 45.0 Å². The summed E-state index contributed by atoms with van der Waals surface area (Å²) in [5.41, 5.74) is 0. The van der Waals surface area contributed by atoms with Gasteiger partial charge in [0.25, 0.3) is 0 Å². The maximum atomic E-state index is 3.54. The Hall–Kier alpha value is -0.0800. The Balaban J connectivity index is -0.000000739. The lowest BCUT2D eigenvalue weighted by Gasteiger charge is -2.37. The molecule has 2 unspecified atom stereocenters. The van der Waals surface area contributed by atoms with Crippen molar-refractivity contribution < 1.29 is 0 Å². The lowest BCUT2D eigenvalue weighted by molar-refractivity contribution is 0.144. The highest BCUT2D eigenvalue weighted by Gasteiger charge is 2.24. The summed E-state index contributed by atoms with van der Waals surface area (Å²) in [7, 11) is 2.12. The maximum absolute atomic E-state index is 3.54. The summed E-state index contributed by atoms with van der Waals surface area (Å²) in [5.74, 6) is 0. The highest BCUT2D eigenvalue weighted by atomic mass is 15.2. The van der Waals surface area contributed by atoms with Crippen molar-refractivity contribution >= 4 is 0 Å². The molecule has 0 aliphatic rings. The van der Waals surface area contributed by atoms with E-state index < -0.39 is 0 Å². The molecule has 1 N–H and O–H groups in total. The molecule has 2 heteroatoms. The molecule has 0 aliphatic carbocycles. The fraction of sp³-hybridized carbons (Fsp3) is 1.00. The molecule has 0 heterocycles. The first kappa shape index (κ1) is 25.9. The first-order valence-corrected chi connectivity index (χ1v) is 9.66. The van der Waals surface area contributed by atoms with E-state index in [1.54, 1.807) is 0 Å². The van der Waals surface area contributed by atoms with Gasteiger partial charge in [0.1, 0.15) is 0 Å². The second kappa shape index (κ2) is 22.2. The van der Waals surface area contributed by atoms with Crippen LogP contribution in [0.4, 0.5) is 0 Å². The Bertz CT molecular complexity index is 154. The fourth-order valence-electron chi connectivity index (χ4n) is 2.79. The summed E-state index contributed by atoms with van der Waals surface area (Å²) >= 11 is 0. The van der Waals surface area contributed by atoms with Crippen LogP contribution in [0.15, 0.2) is 0 Å². The number of likely N-dealkylation sites (N-methyl/N-ethyl adjacent to an activating group) is 1. The van der Waals surface area contributed by atoms with Crippen LogP contribution in [-0.4, -0.2) is 37.1 Å². The molecule has 132 valence electrons. The minimum absolute atomic E-state index is 0.665. The zero-order valence-electron chi connectivity index (χ0n) is 16.8. The van der Waals surface area contributed by atoms with Crippen molar-refractivity contribution in [3.63, 3.8) is 0 Å². The van der Waals surface area contributed by atoms with E-state index in [9.17, 15) is 0 Å². The van der Waals surface area contributed by atoms with Crippen molar-refractivity contribution in [3.8, 4) is 0 Å². The van der Waals surface area contributed by atoms with E-state index in [4.69, 9.17) is 0 Å². The Morgan fingerprint density at radius 2 is 1.14 bits per heavy atom. The van der Waals surface area contributed by atoms with Gasteiger partial charge in [0, 0.05) is 12.1 Å². The summed E-state index contributed by atoms with van der Waals surface area (Å²) in [6, 6.07) is 1.39. The van der Waals surface area contributed by atoms with Crippen LogP contribution >= 0.6 is 0 Å². The summed E-state index contributed by atoms with van der Waals surface area (Å²) in [6.45, 7) is 19.7. The van der Waals surface area contributed by atoms with Gasteiger partial charge in [0.05, 0.1) is 0 Å². The first-order valence-electron chi connectivity index (χ1n) is 9.66. The van der Waals surface area contributed by atoms with Crippen molar-refractivity contribution in [1.82, 2.24) is 10.2 Å². The largest absolute Gasteiger partial charge is 0.315 e. The fourth-order valence-corrected chi connectivity index (χ4v) is 2.79. The zero-order chi connectivity index (χ0) is 17.1. The average molecular weight is 303 g/mol. The molecule has 0 aromatic heterocycles. The van der Waals surface area contributed by atoms with E-state index in [0.29, 0.717) is 6.04 Å². The van der Waals surface area contributed by atoms with Crippen molar-refractivity contribution in [2.24, 2.45) is 0 Å². The third-order valence-corrected chi connectivity index (χ3v) is 3.51. The van der Waals surface area contributed by atoms with Gasteiger partial charge < -0.3 is 5.32 Å². The highest BCUT2D eigenvalue weighted by Crippen LogP contribution is 2.16. The predicted molar refractivity (Wildman–Crippen MR) is 101 cm³/mol. The van der Waals surface area contributed by atoms with Crippen LogP contribution in [0.5, 0.6) is 0 Å². The number of nitrogens with one attached hydrogen (secondary N) is 1. The third kappa shape index (κ3) is 13.3. The number of hydrogen-bond donors (Lipinski definition) is 1. The van der Waals surface area contributed by atoms with E-state index in [0.717, 1.165) is 6.04 Å². The van der Waals surface area contributed by atoms with Crippen LogP contribution in [0.3, 0.4) is 0 Å². The maximum Gasteiger partial charge on any atom is 0.0249 e. The van der Waals surface area contributed by atoms with Crippen LogP contribution in [0.2, 0.25) is 0 Å².